The zero-order valence-electron chi connectivity index (χ0n) is 12.1. The van der Waals surface area contributed by atoms with Gasteiger partial charge in [0.25, 0.3) is 0 Å². The molecule has 4 heteroatoms. The van der Waals surface area contributed by atoms with Crippen LogP contribution in [-0.4, -0.2) is 28.8 Å². The molecule has 1 aromatic rings. The molecule has 0 aliphatic carbocycles. The Labute approximate surface area is 120 Å². The Morgan fingerprint density at radius 3 is 2.60 bits per heavy atom. The maximum absolute atomic E-state index is 12.6. The van der Waals surface area contributed by atoms with Gasteiger partial charge in [0.2, 0.25) is 11.8 Å². The van der Waals surface area contributed by atoms with Crippen molar-refractivity contribution >= 4 is 11.8 Å². The molecule has 1 aliphatic heterocycles. The molecular formula is C16H22N2O2. The topological polar surface area (TPSA) is 49.4 Å². The van der Waals surface area contributed by atoms with Crippen LogP contribution in [0.1, 0.15) is 38.7 Å². The van der Waals surface area contributed by atoms with Gasteiger partial charge in [-0.15, -0.1) is 0 Å². The highest BCUT2D eigenvalue weighted by atomic mass is 16.2. The number of nitrogens with one attached hydrogen (secondary N) is 1. The van der Waals surface area contributed by atoms with Crippen molar-refractivity contribution in [2.45, 2.75) is 51.7 Å². The number of rotatable bonds is 4. The van der Waals surface area contributed by atoms with Gasteiger partial charge < -0.3 is 10.2 Å². The normalized spacial score (nSPS) is 23.4. The van der Waals surface area contributed by atoms with Gasteiger partial charge in [-0.1, -0.05) is 43.7 Å². The third-order valence-electron chi connectivity index (χ3n) is 3.70. The maximum Gasteiger partial charge on any atom is 0.245 e. The first kappa shape index (κ1) is 14.6. The van der Waals surface area contributed by atoms with Gasteiger partial charge >= 0.3 is 0 Å². The van der Waals surface area contributed by atoms with E-state index in [1.54, 1.807) is 0 Å². The fraction of sp³-hybridized carbons (Fsp3) is 0.500. The highest BCUT2D eigenvalue weighted by Gasteiger charge is 2.33. The lowest BCUT2D eigenvalue weighted by atomic mass is 10.1. The Morgan fingerprint density at radius 1 is 1.25 bits per heavy atom. The molecule has 0 spiro atoms. The summed E-state index contributed by atoms with van der Waals surface area (Å²) in [6, 6.07) is 9.47. The number of amides is 2. The second-order valence-electron chi connectivity index (χ2n) is 5.41. The zero-order valence-corrected chi connectivity index (χ0v) is 12.1. The van der Waals surface area contributed by atoms with Crippen LogP contribution in [0.4, 0.5) is 0 Å². The number of carbonyl (C=O) groups is 2. The molecule has 1 heterocycles. The van der Waals surface area contributed by atoms with Crippen molar-refractivity contribution in [2.75, 3.05) is 0 Å². The lowest BCUT2D eigenvalue weighted by Gasteiger charge is -2.28. The summed E-state index contributed by atoms with van der Waals surface area (Å²) in [4.78, 5) is 26.3. The number of nitrogens with zero attached hydrogens (tertiary/aromatic N) is 1. The second kappa shape index (κ2) is 6.55. The minimum atomic E-state index is -0.374. The molecule has 1 aliphatic rings. The minimum Gasteiger partial charge on any atom is -0.344 e. The van der Waals surface area contributed by atoms with Gasteiger partial charge in [0, 0.05) is 19.0 Å². The van der Waals surface area contributed by atoms with E-state index in [2.05, 4.69) is 5.32 Å². The van der Waals surface area contributed by atoms with Crippen molar-refractivity contribution in [2.24, 2.45) is 0 Å². The van der Waals surface area contributed by atoms with Gasteiger partial charge in [0.05, 0.1) is 0 Å². The number of hydrogen-bond donors (Lipinski definition) is 1. The van der Waals surface area contributed by atoms with Crippen LogP contribution in [-0.2, 0) is 16.1 Å². The van der Waals surface area contributed by atoms with E-state index in [9.17, 15) is 9.59 Å². The van der Waals surface area contributed by atoms with Gasteiger partial charge in [-0.2, -0.15) is 0 Å². The molecule has 108 valence electrons. The predicted octanol–water partition coefficient (Wildman–Crippen LogP) is 2.09. The van der Waals surface area contributed by atoms with Crippen LogP contribution in [0, 0.1) is 0 Å². The highest BCUT2D eigenvalue weighted by molar-refractivity contribution is 5.90. The highest BCUT2D eigenvalue weighted by Crippen LogP contribution is 2.17. The van der Waals surface area contributed by atoms with Crippen LogP contribution in [0.3, 0.4) is 0 Å². The molecule has 0 bridgehead atoms. The largest absolute Gasteiger partial charge is 0.344 e. The van der Waals surface area contributed by atoms with Gasteiger partial charge in [-0.25, -0.2) is 0 Å². The van der Waals surface area contributed by atoms with Crippen molar-refractivity contribution in [3.05, 3.63) is 35.9 Å². The van der Waals surface area contributed by atoms with E-state index in [1.807, 2.05) is 49.1 Å². The first-order valence-corrected chi connectivity index (χ1v) is 7.25. The quantitative estimate of drug-likeness (QED) is 0.914. The van der Waals surface area contributed by atoms with E-state index in [0.717, 1.165) is 12.0 Å². The van der Waals surface area contributed by atoms with Crippen LogP contribution in [0.2, 0.25) is 0 Å². The molecule has 2 atom stereocenters. The molecule has 20 heavy (non-hydrogen) atoms. The molecule has 1 N–H and O–H groups in total. The molecule has 2 amide bonds. The van der Waals surface area contributed by atoms with Crippen molar-refractivity contribution in [3.8, 4) is 0 Å². The summed E-state index contributed by atoms with van der Waals surface area (Å²) in [6.07, 6.45) is 1.95. The summed E-state index contributed by atoms with van der Waals surface area (Å²) in [7, 11) is 0. The lowest BCUT2D eigenvalue weighted by molar-refractivity contribution is -0.135. The van der Waals surface area contributed by atoms with Crippen molar-refractivity contribution in [3.63, 3.8) is 0 Å². The fourth-order valence-corrected chi connectivity index (χ4v) is 2.61. The standard InChI is InChI=1S/C16H22N2O2/c1-3-7-14-16(20)18(12(2)10-15(19)17-14)11-13-8-5-4-6-9-13/h4-6,8-9,12,14H,3,7,10-11H2,1-2H3,(H,17,19). The Hall–Kier alpha value is -1.84. The molecule has 2 rings (SSSR count). The third kappa shape index (κ3) is 3.38. The van der Waals surface area contributed by atoms with Crippen LogP contribution < -0.4 is 5.32 Å². The molecule has 2 unspecified atom stereocenters. The first-order chi connectivity index (χ1) is 9.61. The molecule has 0 radical (unpaired) electrons. The molecular weight excluding hydrogens is 252 g/mol. The summed E-state index contributed by atoms with van der Waals surface area (Å²) in [5.41, 5.74) is 1.09. The Balaban J connectivity index is 2.19. The third-order valence-corrected chi connectivity index (χ3v) is 3.70. The van der Waals surface area contributed by atoms with E-state index in [4.69, 9.17) is 0 Å². The summed E-state index contributed by atoms with van der Waals surface area (Å²) in [5, 5.41) is 2.85. The monoisotopic (exact) mass is 274 g/mol. The predicted molar refractivity (Wildman–Crippen MR) is 77.9 cm³/mol. The summed E-state index contributed by atoms with van der Waals surface area (Å²) in [6.45, 7) is 4.53. The van der Waals surface area contributed by atoms with E-state index in [1.165, 1.54) is 0 Å². The van der Waals surface area contributed by atoms with Gasteiger partial charge in [0.1, 0.15) is 6.04 Å². The summed E-state index contributed by atoms with van der Waals surface area (Å²) < 4.78 is 0. The average Bonchev–Trinajstić information content (AvgIpc) is 2.52. The van der Waals surface area contributed by atoms with E-state index >= 15 is 0 Å². The molecule has 1 saturated heterocycles. The molecule has 4 nitrogen and oxygen atoms in total. The van der Waals surface area contributed by atoms with Crippen LogP contribution in [0.15, 0.2) is 30.3 Å². The van der Waals surface area contributed by atoms with Crippen molar-refractivity contribution in [1.29, 1.82) is 0 Å². The molecule has 1 fully saturated rings. The van der Waals surface area contributed by atoms with Crippen LogP contribution >= 0.6 is 0 Å². The summed E-state index contributed by atoms with van der Waals surface area (Å²) in [5.74, 6) is 0.00825. The van der Waals surface area contributed by atoms with Gasteiger partial charge in [-0.05, 0) is 18.9 Å². The Kier molecular flexibility index (Phi) is 4.77. The SMILES string of the molecule is CCCC1NC(=O)CC(C)N(Cc2ccccc2)C1=O. The Bertz CT molecular complexity index is 473. The first-order valence-electron chi connectivity index (χ1n) is 7.25. The second-order valence-corrected chi connectivity index (χ2v) is 5.41. The molecule has 0 aromatic heterocycles. The van der Waals surface area contributed by atoms with Crippen molar-refractivity contribution in [1.82, 2.24) is 10.2 Å². The van der Waals surface area contributed by atoms with Gasteiger partial charge in [0.15, 0.2) is 0 Å². The van der Waals surface area contributed by atoms with Crippen LogP contribution in [0.5, 0.6) is 0 Å². The fourth-order valence-electron chi connectivity index (χ4n) is 2.61. The number of benzene rings is 1. The number of carbonyl (C=O) groups excluding carboxylic acids is 2. The van der Waals surface area contributed by atoms with E-state index in [-0.39, 0.29) is 23.9 Å². The van der Waals surface area contributed by atoms with Crippen molar-refractivity contribution < 1.29 is 9.59 Å². The summed E-state index contributed by atoms with van der Waals surface area (Å²) >= 11 is 0. The van der Waals surface area contributed by atoms with Gasteiger partial charge in [-0.3, -0.25) is 9.59 Å². The minimum absolute atomic E-state index is 0.0279. The molecule has 1 aromatic carbocycles. The smallest absolute Gasteiger partial charge is 0.245 e. The average molecular weight is 274 g/mol. The maximum atomic E-state index is 12.6. The molecule has 0 saturated carbocycles. The van der Waals surface area contributed by atoms with E-state index < -0.39 is 0 Å². The lowest BCUT2D eigenvalue weighted by Crippen LogP contribution is -2.45. The Morgan fingerprint density at radius 2 is 1.95 bits per heavy atom. The zero-order chi connectivity index (χ0) is 14.5. The van der Waals surface area contributed by atoms with E-state index in [0.29, 0.717) is 19.4 Å². The van der Waals surface area contributed by atoms with Crippen LogP contribution in [0.25, 0.3) is 0 Å². The number of hydrogen-bond acceptors (Lipinski definition) is 2.